The molecule has 0 saturated carbocycles. The molecule has 0 saturated heterocycles. The number of benzene rings is 2. The van der Waals surface area contributed by atoms with Crippen molar-refractivity contribution in [3.63, 3.8) is 0 Å². The Bertz CT molecular complexity index is 613. The van der Waals surface area contributed by atoms with Crippen LogP contribution in [0.15, 0.2) is 36.4 Å². The van der Waals surface area contributed by atoms with Gasteiger partial charge in [-0.25, -0.2) is 0 Å². The molecule has 0 heterocycles. The van der Waals surface area contributed by atoms with Crippen molar-refractivity contribution in [2.75, 3.05) is 0 Å². The third-order valence-corrected chi connectivity index (χ3v) is 4.40. The van der Waals surface area contributed by atoms with Gasteiger partial charge in [0, 0.05) is 0 Å². The van der Waals surface area contributed by atoms with Gasteiger partial charge >= 0.3 is 0 Å². The molecule has 2 aromatic carbocycles. The maximum Gasteiger partial charge on any atom is 0.126 e. The fraction of sp³-hybridized carbons (Fsp3) is 0.400. The van der Waals surface area contributed by atoms with Crippen LogP contribution in [0.1, 0.15) is 47.6 Å². The molecule has 0 aliphatic heterocycles. The molecule has 0 unspecified atom stereocenters. The standard InChI is InChI=1S/C20H24O/c1-3-8-17-13-15(2)18-11-7-12-19(18)20(17)21-14-16-9-5-4-6-10-16/h4-6,9-10,13H,3,7-8,11-12,14H2,1-2H3. The number of aryl methyl sites for hydroxylation is 2. The highest BCUT2D eigenvalue weighted by Gasteiger charge is 2.21. The SMILES string of the molecule is CCCc1cc(C)c2c(c1OCc1ccccc1)CCC2. The van der Waals surface area contributed by atoms with Crippen LogP contribution in [-0.4, -0.2) is 0 Å². The second-order valence-electron chi connectivity index (χ2n) is 6.02. The normalized spacial score (nSPS) is 13.2. The van der Waals surface area contributed by atoms with Crippen LogP contribution >= 0.6 is 0 Å². The van der Waals surface area contributed by atoms with E-state index in [2.05, 4.69) is 50.2 Å². The van der Waals surface area contributed by atoms with Crippen LogP contribution in [0.4, 0.5) is 0 Å². The van der Waals surface area contributed by atoms with Crippen LogP contribution in [0, 0.1) is 6.92 Å². The van der Waals surface area contributed by atoms with Crippen molar-refractivity contribution < 1.29 is 4.74 Å². The van der Waals surface area contributed by atoms with Crippen molar-refractivity contribution in [3.8, 4) is 5.75 Å². The van der Waals surface area contributed by atoms with Crippen LogP contribution in [0.3, 0.4) is 0 Å². The minimum Gasteiger partial charge on any atom is -0.488 e. The first kappa shape index (κ1) is 14.2. The average Bonchev–Trinajstić information content (AvgIpc) is 2.98. The van der Waals surface area contributed by atoms with Crippen molar-refractivity contribution in [3.05, 3.63) is 64.2 Å². The van der Waals surface area contributed by atoms with Crippen LogP contribution < -0.4 is 4.74 Å². The summed E-state index contributed by atoms with van der Waals surface area (Å²) in [7, 11) is 0. The first-order chi connectivity index (χ1) is 10.3. The summed E-state index contributed by atoms with van der Waals surface area (Å²) in [6, 6.07) is 12.8. The van der Waals surface area contributed by atoms with Crippen molar-refractivity contribution in [2.24, 2.45) is 0 Å². The molecule has 1 aliphatic rings. The molecule has 0 fully saturated rings. The molecule has 2 aromatic rings. The maximum absolute atomic E-state index is 6.27. The fourth-order valence-electron chi connectivity index (χ4n) is 3.40. The highest BCUT2D eigenvalue weighted by molar-refractivity contribution is 5.52. The summed E-state index contributed by atoms with van der Waals surface area (Å²) < 4.78 is 6.27. The van der Waals surface area contributed by atoms with Gasteiger partial charge in [-0.2, -0.15) is 0 Å². The van der Waals surface area contributed by atoms with Gasteiger partial charge in [-0.15, -0.1) is 0 Å². The Balaban J connectivity index is 1.90. The van der Waals surface area contributed by atoms with Gasteiger partial charge in [-0.3, -0.25) is 0 Å². The molecular formula is C20H24O. The molecule has 3 rings (SSSR count). The lowest BCUT2D eigenvalue weighted by molar-refractivity contribution is 0.300. The molecule has 0 amide bonds. The van der Waals surface area contributed by atoms with Gasteiger partial charge in [0.25, 0.3) is 0 Å². The Labute approximate surface area is 128 Å². The maximum atomic E-state index is 6.27. The van der Waals surface area contributed by atoms with E-state index >= 15 is 0 Å². The number of hydrogen-bond donors (Lipinski definition) is 0. The van der Waals surface area contributed by atoms with Gasteiger partial charge in [-0.05, 0) is 60.4 Å². The molecular weight excluding hydrogens is 256 g/mol. The number of ether oxygens (including phenoxy) is 1. The Hall–Kier alpha value is -1.76. The molecule has 0 spiro atoms. The van der Waals surface area contributed by atoms with E-state index in [1.165, 1.54) is 59.3 Å². The summed E-state index contributed by atoms with van der Waals surface area (Å²) in [5, 5.41) is 0. The zero-order valence-electron chi connectivity index (χ0n) is 13.1. The van der Waals surface area contributed by atoms with Crippen LogP contribution in [0.25, 0.3) is 0 Å². The lowest BCUT2D eigenvalue weighted by Gasteiger charge is -2.17. The van der Waals surface area contributed by atoms with E-state index in [1.807, 2.05) is 0 Å². The summed E-state index contributed by atoms with van der Waals surface area (Å²) in [5.74, 6) is 1.18. The second kappa shape index (κ2) is 6.34. The van der Waals surface area contributed by atoms with Crippen molar-refractivity contribution in [2.45, 2.75) is 52.6 Å². The molecule has 1 heteroatoms. The highest BCUT2D eigenvalue weighted by atomic mass is 16.5. The quantitative estimate of drug-likeness (QED) is 0.747. The summed E-state index contributed by atoms with van der Waals surface area (Å²) in [6.45, 7) is 5.17. The Kier molecular flexibility index (Phi) is 4.28. The van der Waals surface area contributed by atoms with Crippen molar-refractivity contribution in [1.82, 2.24) is 0 Å². The van der Waals surface area contributed by atoms with Crippen LogP contribution in [0.5, 0.6) is 5.75 Å². The molecule has 0 N–H and O–H groups in total. The molecule has 0 atom stereocenters. The number of hydrogen-bond acceptors (Lipinski definition) is 1. The Morgan fingerprint density at radius 1 is 1.05 bits per heavy atom. The number of fused-ring (bicyclic) bond motifs is 1. The van der Waals surface area contributed by atoms with Crippen LogP contribution in [0.2, 0.25) is 0 Å². The van der Waals surface area contributed by atoms with E-state index in [0.717, 1.165) is 6.42 Å². The molecule has 1 aliphatic carbocycles. The Morgan fingerprint density at radius 3 is 2.57 bits per heavy atom. The molecule has 0 aromatic heterocycles. The van der Waals surface area contributed by atoms with E-state index in [4.69, 9.17) is 4.74 Å². The van der Waals surface area contributed by atoms with E-state index in [-0.39, 0.29) is 0 Å². The smallest absolute Gasteiger partial charge is 0.126 e. The molecule has 110 valence electrons. The summed E-state index contributed by atoms with van der Waals surface area (Å²) in [5.41, 5.74) is 7.11. The third kappa shape index (κ3) is 2.97. The highest BCUT2D eigenvalue weighted by Crippen LogP contribution is 2.37. The average molecular weight is 280 g/mol. The minimum atomic E-state index is 0.674. The predicted molar refractivity (Wildman–Crippen MR) is 88.0 cm³/mol. The van der Waals surface area contributed by atoms with Gasteiger partial charge in [-0.1, -0.05) is 49.7 Å². The van der Waals surface area contributed by atoms with Gasteiger partial charge in [0.1, 0.15) is 12.4 Å². The largest absolute Gasteiger partial charge is 0.488 e. The summed E-state index contributed by atoms with van der Waals surface area (Å²) in [4.78, 5) is 0. The van der Waals surface area contributed by atoms with E-state index in [1.54, 1.807) is 0 Å². The fourth-order valence-corrected chi connectivity index (χ4v) is 3.40. The van der Waals surface area contributed by atoms with E-state index in [9.17, 15) is 0 Å². The molecule has 0 radical (unpaired) electrons. The molecule has 21 heavy (non-hydrogen) atoms. The van der Waals surface area contributed by atoms with Crippen molar-refractivity contribution >= 4 is 0 Å². The second-order valence-corrected chi connectivity index (χ2v) is 6.02. The van der Waals surface area contributed by atoms with Gasteiger partial charge in [0.2, 0.25) is 0 Å². The van der Waals surface area contributed by atoms with E-state index in [0.29, 0.717) is 6.61 Å². The lowest BCUT2D eigenvalue weighted by atomic mass is 9.97. The van der Waals surface area contributed by atoms with Crippen LogP contribution in [-0.2, 0) is 25.9 Å². The molecule has 0 bridgehead atoms. The van der Waals surface area contributed by atoms with E-state index < -0.39 is 0 Å². The summed E-state index contributed by atoms with van der Waals surface area (Å²) >= 11 is 0. The van der Waals surface area contributed by atoms with Gasteiger partial charge < -0.3 is 4.74 Å². The topological polar surface area (TPSA) is 9.23 Å². The Morgan fingerprint density at radius 2 is 1.81 bits per heavy atom. The number of rotatable bonds is 5. The third-order valence-electron chi connectivity index (χ3n) is 4.40. The lowest BCUT2D eigenvalue weighted by Crippen LogP contribution is -2.04. The zero-order valence-corrected chi connectivity index (χ0v) is 13.1. The first-order valence-electron chi connectivity index (χ1n) is 8.10. The summed E-state index contributed by atoms with van der Waals surface area (Å²) in [6.07, 6.45) is 5.94. The van der Waals surface area contributed by atoms with Crippen molar-refractivity contribution in [1.29, 1.82) is 0 Å². The first-order valence-corrected chi connectivity index (χ1v) is 8.10. The zero-order chi connectivity index (χ0) is 14.7. The predicted octanol–water partition coefficient (Wildman–Crippen LogP) is 5.02. The monoisotopic (exact) mass is 280 g/mol. The molecule has 1 nitrogen and oxygen atoms in total. The van der Waals surface area contributed by atoms with Gasteiger partial charge in [0.05, 0.1) is 0 Å². The van der Waals surface area contributed by atoms with Gasteiger partial charge in [0.15, 0.2) is 0 Å². The minimum absolute atomic E-state index is 0.674.